The van der Waals surface area contributed by atoms with Crippen LogP contribution in [-0.2, 0) is 21.0 Å². The van der Waals surface area contributed by atoms with Crippen molar-refractivity contribution in [2.45, 2.75) is 63.3 Å². The van der Waals surface area contributed by atoms with Crippen LogP contribution in [0.3, 0.4) is 0 Å². The van der Waals surface area contributed by atoms with Crippen molar-refractivity contribution in [2.75, 3.05) is 0 Å². The Morgan fingerprint density at radius 2 is 1.80 bits per heavy atom. The molecule has 2 heterocycles. The van der Waals surface area contributed by atoms with Crippen molar-refractivity contribution in [2.24, 2.45) is 0 Å². The lowest BCUT2D eigenvalue weighted by Crippen LogP contribution is -2.59. The second kappa shape index (κ2) is 12.4. The van der Waals surface area contributed by atoms with Crippen molar-refractivity contribution in [3.05, 3.63) is 99.3 Å². The van der Waals surface area contributed by atoms with Crippen LogP contribution in [0.1, 0.15) is 71.7 Å². The first kappa shape index (κ1) is 28.1. The van der Waals surface area contributed by atoms with Crippen molar-refractivity contribution >= 4 is 40.9 Å². The molecule has 0 saturated heterocycles. The van der Waals surface area contributed by atoms with Crippen LogP contribution >= 0.6 is 23.2 Å². The zero-order valence-corrected chi connectivity index (χ0v) is 23.5. The summed E-state index contributed by atoms with van der Waals surface area (Å²) >= 11 is 13.0. The fraction of sp³-hybridized carbons (Fsp3) is 0.333. The van der Waals surface area contributed by atoms with Gasteiger partial charge in [-0.3, -0.25) is 24.2 Å². The summed E-state index contributed by atoms with van der Waals surface area (Å²) in [5.74, 6) is -1.66. The Morgan fingerprint density at radius 3 is 2.55 bits per heavy atom. The summed E-state index contributed by atoms with van der Waals surface area (Å²) in [6, 6.07) is 16.2. The molecule has 8 nitrogen and oxygen atoms in total. The van der Waals surface area contributed by atoms with Crippen molar-refractivity contribution < 1.29 is 19.2 Å². The number of rotatable bonds is 7. The van der Waals surface area contributed by atoms with Gasteiger partial charge < -0.3 is 10.2 Å². The predicted octanol–water partition coefficient (Wildman–Crippen LogP) is 5.36. The number of halogens is 2. The van der Waals surface area contributed by atoms with E-state index in [2.05, 4.69) is 15.8 Å². The Labute approximate surface area is 243 Å². The molecule has 2 N–H and O–H groups in total. The minimum absolute atomic E-state index is 0.0726. The lowest BCUT2D eigenvalue weighted by atomic mass is 9.76. The molecule has 1 saturated carbocycles. The van der Waals surface area contributed by atoms with Gasteiger partial charge in [0, 0.05) is 34.8 Å². The average molecular weight is 582 g/mol. The van der Waals surface area contributed by atoms with Gasteiger partial charge in [0.25, 0.3) is 11.8 Å². The van der Waals surface area contributed by atoms with Gasteiger partial charge in [0.15, 0.2) is 0 Å². The zero-order valence-electron chi connectivity index (χ0n) is 22.0. The molecule has 5 rings (SSSR count). The SMILES string of the molecule is CC(=O)NC1CCCCC1N1C(=O)c2ccccc2C(C(=O)NOCc2ccccn2)C1c1ccc(Cl)cc1Cl. The lowest BCUT2D eigenvalue weighted by Gasteiger charge is -2.49. The minimum atomic E-state index is -0.851. The number of amides is 3. The van der Waals surface area contributed by atoms with Crippen molar-refractivity contribution in [3.8, 4) is 0 Å². The summed E-state index contributed by atoms with van der Waals surface area (Å²) in [6.45, 7) is 1.55. The summed E-state index contributed by atoms with van der Waals surface area (Å²) < 4.78 is 0. The molecule has 1 aliphatic heterocycles. The number of nitrogens with one attached hydrogen (secondary N) is 2. The van der Waals surface area contributed by atoms with Gasteiger partial charge in [-0.25, -0.2) is 5.48 Å². The van der Waals surface area contributed by atoms with E-state index in [1.807, 2.05) is 6.07 Å². The van der Waals surface area contributed by atoms with Gasteiger partial charge in [0.05, 0.1) is 23.7 Å². The molecule has 2 aromatic carbocycles. The van der Waals surface area contributed by atoms with E-state index in [0.717, 1.165) is 19.3 Å². The van der Waals surface area contributed by atoms with Crippen LogP contribution in [0.2, 0.25) is 10.0 Å². The third kappa shape index (κ3) is 5.84. The first-order valence-corrected chi connectivity index (χ1v) is 14.1. The number of carbonyl (C=O) groups is 3. The number of nitrogens with zero attached hydrogens (tertiary/aromatic N) is 2. The first-order chi connectivity index (χ1) is 19.3. The molecule has 1 aliphatic carbocycles. The second-order valence-electron chi connectivity index (χ2n) is 10.1. The first-order valence-electron chi connectivity index (χ1n) is 13.3. The van der Waals surface area contributed by atoms with E-state index in [1.54, 1.807) is 65.7 Å². The van der Waals surface area contributed by atoms with Crippen LogP contribution in [0, 0.1) is 0 Å². The molecule has 10 heteroatoms. The number of hydrogen-bond acceptors (Lipinski definition) is 5. The summed E-state index contributed by atoms with van der Waals surface area (Å²) in [5, 5.41) is 3.83. The van der Waals surface area contributed by atoms with Crippen molar-refractivity contribution in [3.63, 3.8) is 0 Å². The van der Waals surface area contributed by atoms with Crippen LogP contribution in [0.4, 0.5) is 0 Å². The molecule has 3 aromatic rings. The lowest BCUT2D eigenvalue weighted by molar-refractivity contribution is -0.138. The van der Waals surface area contributed by atoms with Gasteiger partial charge in [-0.15, -0.1) is 0 Å². The Bertz CT molecular complexity index is 1400. The molecular formula is C30H30Cl2N4O4. The van der Waals surface area contributed by atoms with E-state index in [0.29, 0.717) is 38.9 Å². The van der Waals surface area contributed by atoms with Gasteiger partial charge in [-0.2, -0.15) is 0 Å². The van der Waals surface area contributed by atoms with E-state index in [9.17, 15) is 14.4 Å². The highest BCUT2D eigenvalue weighted by atomic mass is 35.5. The third-order valence-electron chi connectivity index (χ3n) is 7.53. The molecule has 0 spiro atoms. The molecule has 0 bridgehead atoms. The highest BCUT2D eigenvalue weighted by molar-refractivity contribution is 6.35. The van der Waals surface area contributed by atoms with Gasteiger partial charge in [0.2, 0.25) is 5.91 Å². The second-order valence-corrected chi connectivity index (χ2v) is 11.0. The number of benzene rings is 2. The summed E-state index contributed by atoms with van der Waals surface area (Å²) in [6.07, 6.45) is 4.86. The highest BCUT2D eigenvalue weighted by Crippen LogP contribution is 2.47. The van der Waals surface area contributed by atoms with Crippen molar-refractivity contribution in [1.82, 2.24) is 20.7 Å². The number of carbonyl (C=O) groups excluding carboxylic acids is 3. The molecule has 1 fully saturated rings. The predicted molar refractivity (Wildman–Crippen MR) is 152 cm³/mol. The Hall–Kier alpha value is -3.46. The largest absolute Gasteiger partial charge is 0.352 e. The van der Waals surface area contributed by atoms with E-state index >= 15 is 0 Å². The molecular weight excluding hydrogens is 551 g/mol. The Balaban J connectivity index is 1.59. The fourth-order valence-electron chi connectivity index (χ4n) is 5.87. The van der Waals surface area contributed by atoms with Gasteiger partial charge >= 0.3 is 0 Å². The molecule has 208 valence electrons. The van der Waals surface area contributed by atoms with E-state index in [1.165, 1.54) is 6.92 Å². The molecule has 2 aliphatic rings. The standard InChI is InChI=1S/C30H30Cl2N4O4/c1-18(37)34-25-11-4-5-12-26(25)36-28(23-14-13-19(31)16-24(23)32)27(21-9-2-3-10-22(21)30(36)39)29(38)35-40-17-20-8-6-7-15-33-20/h2-3,6-10,13-16,25-28H,4-5,11-12,17H2,1H3,(H,34,37)(H,35,38). The number of pyridine rings is 1. The molecule has 0 radical (unpaired) electrons. The number of hydroxylamine groups is 1. The van der Waals surface area contributed by atoms with Crippen LogP contribution in [0.5, 0.6) is 0 Å². The van der Waals surface area contributed by atoms with E-state index in [-0.39, 0.29) is 30.5 Å². The van der Waals surface area contributed by atoms with Crippen LogP contribution in [-0.4, -0.2) is 39.7 Å². The smallest absolute Gasteiger partial charge is 0.255 e. The van der Waals surface area contributed by atoms with Crippen LogP contribution < -0.4 is 10.8 Å². The number of fused-ring (bicyclic) bond motifs is 1. The zero-order chi connectivity index (χ0) is 28.2. The van der Waals surface area contributed by atoms with E-state index in [4.69, 9.17) is 28.0 Å². The fourth-order valence-corrected chi connectivity index (χ4v) is 6.39. The summed E-state index contributed by atoms with van der Waals surface area (Å²) in [7, 11) is 0. The third-order valence-corrected chi connectivity index (χ3v) is 8.10. The maximum absolute atomic E-state index is 14.2. The number of hydrogen-bond donors (Lipinski definition) is 2. The molecule has 3 amide bonds. The monoisotopic (exact) mass is 580 g/mol. The maximum atomic E-state index is 14.2. The van der Waals surface area contributed by atoms with Crippen LogP contribution in [0.15, 0.2) is 66.9 Å². The van der Waals surface area contributed by atoms with Crippen LogP contribution in [0.25, 0.3) is 0 Å². The van der Waals surface area contributed by atoms with Crippen molar-refractivity contribution in [1.29, 1.82) is 0 Å². The normalized spacial score (nSPS) is 22.4. The summed E-state index contributed by atoms with van der Waals surface area (Å²) in [5.41, 5.74) is 4.85. The highest BCUT2D eigenvalue weighted by Gasteiger charge is 2.49. The molecule has 4 unspecified atom stereocenters. The minimum Gasteiger partial charge on any atom is -0.352 e. The average Bonchev–Trinajstić information content (AvgIpc) is 2.94. The number of aromatic nitrogens is 1. The van der Waals surface area contributed by atoms with Gasteiger partial charge in [0.1, 0.15) is 6.61 Å². The molecule has 4 atom stereocenters. The molecule has 40 heavy (non-hydrogen) atoms. The van der Waals surface area contributed by atoms with E-state index < -0.39 is 17.9 Å². The quantitative estimate of drug-likeness (QED) is 0.366. The Morgan fingerprint density at radius 1 is 1.02 bits per heavy atom. The Kier molecular flexibility index (Phi) is 8.69. The topological polar surface area (TPSA) is 101 Å². The van der Waals surface area contributed by atoms with Gasteiger partial charge in [-0.05, 0) is 54.3 Å². The summed E-state index contributed by atoms with van der Waals surface area (Å²) in [4.78, 5) is 51.9. The van der Waals surface area contributed by atoms with Gasteiger partial charge in [-0.1, -0.05) is 66.4 Å². The maximum Gasteiger partial charge on any atom is 0.255 e. The molecule has 1 aromatic heterocycles.